The highest BCUT2D eigenvalue weighted by Gasteiger charge is 2.07. The number of aromatic nitrogens is 2. The summed E-state index contributed by atoms with van der Waals surface area (Å²) in [5, 5.41) is 6.72. The minimum absolute atomic E-state index is 0.221. The molecule has 23 heavy (non-hydrogen) atoms. The second-order valence-electron chi connectivity index (χ2n) is 5.32. The van der Waals surface area contributed by atoms with E-state index in [1.54, 1.807) is 11.3 Å². The van der Waals surface area contributed by atoms with Gasteiger partial charge >= 0.3 is 0 Å². The molecule has 6 heteroatoms. The van der Waals surface area contributed by atoms with Crippen molar-refractivity contribution in [2.75, 3.05) is 0 Å². The maximum atomic E-state index is 4.67. The highest BCUT2D eigenvalue weighted by atomic mass is 79.9. The minimum atomic E-state index is 0.221. The number of rotatable bonds is 4. The van der Waals surface area contributed by atoms with Gasteiger partial charge in [0.2, 0.25) is 4.80 Å². The standard InChI is InChI=1S/C17H17BrN4S/c1-12(2)21-17-22(20-10-15-4-3-9-19-15)16(11-23-17)13-5-7-14(18)8-6-13/h3-12,19H,1-2H3. The van der Waals surface area contributed by atoms with Crippen LogP contribution in [0.2, 0.25) is 0 Å². The molecule has 0 aliphatic carbocycles. The molecule has 1 aromatic carbocycles. The van der Waals surface area contributed by atoms with Crippen molar-refractivity contribution < 1.29 is 0 Å². The minimum Gasteiger partial charge on any atom is -0.360 e. The third-order valence-corrected chi connectivity index (χ3v) is 4.49. The summed E-state index contributed by atoms with van der Waals surface area (Å²) >= 11 is 5.08. The van der Waals surface area contributed by atoms with Gasteiger partial charge in [0.15, 0.2) is 0 Å². The number of halogens is 1. The first-order valence-corrected chi connectivity index (χ1v) is 8.99. The molecule has 0 amide bonds. The van der Waals surface area contributed by atoms with Gasteiger partial charge in [0.1, 0.15) is 0 Å². The molecule has 0 atom stereocenters. The second kappa shape index (κ2) is 7.10. The third kappa shape index (κ3) is 3.89. The van der Waals surface area contributed by atoms with E-state index in [0.717, 1.165) is 26.2 Å². The molecule has 0 saturated carbocycles. The first-order valence-electron chi connectivity index (χ1n) is 7.31. The average molecular weight is 389 g/mol. The van der Waals surface area contributed by atoms with Crippen LogP contribution in [0.1, 0.15) is 19.5 Å². The molecule has 0 spiro atoms. The molecular formula is C17H17BrN4S. The lowest BCUT2D eigenvalue weighted by molar-refractivity contribution is 0.754. The maximum absolute atomic E-state index is 4.67. The zero-order chi connectivity index (χ0) is 16.2. The van der Waals surface area contributed by atoms with E-state index in [1.165, 1.54) is 0 Å². The van der Waals surface area contributed by atoms with Crippen LogP contribution in [0, 0.1) is 0 Å². The van der Waals surface area contributed by atoms with E-state index in [2.05, 4.69) is 62.4 Å². The Morgan fingerprint density at radius 3 is 2.65 bits per heavy atom. The van der Waals surface area contributed by atoms with Gasteiger partial charge in [-0.15, -0.1) is 11.3 Å². The molecule has 2 aromatic heterocycles. The van der Waals surface area contributed by atoms with Gasteiger partial charge in [0.25, 0.3) is 0 Å². The van der Waals surface area contributed by atoms with Crippen molar-refractivity contribution in [1.82, 2.24) is 9.66 Å². The van der Waals surface area contributed by atoms with Crippen LogP contribution in [-0.4, -0.2) is 21.9 Å². The van der Waals surface area contributed by atoms with Gasteiger partial charge in [0.05, 0.1) is 17.6 Å². The van der Waals surface area contributed by atoms with Crippen molar-refractivity contribution >= 4 is 33.5 Å². The zero-order valence-corrected chi connectivity index (χ0v) is 15.3. The molecule has 4 nitrogen and oxygen atoms in total. The quantitative estimate of drug-likeness (QED) is 0.639. The zero-order valence-electron chi connectivity index (χ0n) is 12.9. The molecular weight excluding hydrogens is 372 g/mol. The summed E-state index contributed by atoms with van der Waals surface area (Å²) in [4.78, 5) is 8.69. The normalized spacial score (nSPS) is 12.6. The number of H-pyrrole nitrogens is 1. The van der Waals surface area contributed by atoms with Crippen LogP contribution in [0.5, 0.6) is 0 Å². The van der Waals surface area contributed by atoms with E-state index >= 15 is 0 Å². The highest BCUT2D eigenvalue weighted by Crippen LogP contribution is 2.22. The van der Waals surface area contributed by atoms with Crippen molar-refractivity contribution in [1.29, 1.82) is 0 Å². The van der Waals surface area contributed by atoms with E-state index in [1.807, 2.05) is 41.4 Å². The summed E-state index contributed by atoms with van der Waals surface area (Å²) in [5.41, 5.74) is 3.10. The first kappa shape index (κ1) is 16.0. The number of thiazole rings is 1. The van der Waals surface area contributed by atoms with Crippen LogP contribution in [-0.2, 0) is 0 Å². The number of hydrogen-bond acceptors (Lipinski definition) is 3. The summed E-state index contributed by atoms with van der Waals surface area (Å²) in [6.45, 7) is 4.14. The Kier molecular flexibility index (Phi) is 4.93. The Bertz CT molecular complexity index is 855. The molecule has 2 heterocycles. The molecule has 3 aromatic rings. The fourth-order valence-corrected chi connectivity index (χ4v) is 3.32. The fourth-order valence-electron chi connectivity index (χ4n) is 2.08. The van der Waals surface area contributed by atoms with Gasteiger partial charge in [-0.1, -0.05) is 28.1 Å². The van der Waals surface area contributed by atoms with Crippen LogP contribution in [0.4, 0.5) is 0 Å². The van der Waals surface area contributed by atoms with Crippen molar-refractivity contribution in [2.24, 2.45) is 10.1 Å². The Balaban J connectivity index is 2.09. The molecule has 0 aliphatic rings. The van der Waals surface area contributed by atoms with Crippen molar-refractivity contribution in [3.63, 3.8) is 0 Å². The Labute approximate surface area is 147 Å². The molecule has 1 N–H and O–H groups in total. The monoisotopic (exact) mass is 388 g/mol. The molecule has 0 fully saturated rings. The van der Waals surface area contributed by atoms with Crippen LogP contribution in [0.25, 0.3) is 11.3 Å². The molecule has 0 bridgehead atoms. The van der Waals surface area contributed by atoms with Crippen molar-refractivity contribution in [3.05, 3.63) is 62.9 Å². The highest BCUT2D eigenvalue weighted by molar-refractivity contribution is 9.10. The van der Waals surface area contributed by atoms with Gasteiger partial charge in [-0.2, -0.15) is 5.10 Å². The maximum Gasteiger partial charge on any atom is 0.206 e. The van der Waals surface area contributed by atoms with Crippen LogP contribution >= 0.6 is 27.3 Å². The van der Waals surface area contributed by atoms with E-state index < -0.39 is 0 Å². The molecule has 0 saturated heterocycles. The van der Waals surface area contributed by atoms with Crippen LogP contribution in [0.3, 0.4) is 0 Å². The lowest BCUT2D eigenvalue weighted by atomic mass is 10.2. The second-order valence-corrected chi connectivity index (χ2v) is 7.07. The molecule has 0 radical (unpaired) electrons. The lowest BCUT2D eigenvalue weighted by Crippen LogP contribution is -2.14. The third-order valence-electron chi connectivity index (χ3n) is 3.13. The molecule has 0 aliphatic heterocycles. The largest absolute Gasteiger partial charge is 0.360 e. The van der Waals surface area contributed by atoms with Crippen molar-refractivity contribution in [2.45, 2.75) is 19.9 Å². The number of aromatic amines is 1. The van der Waals surface area contributed by atoms with Crippen molar-refractivity contribution in [3.8, 4) is 11.3 Å². The van der Waals surface area contributed by atoms with Gasteiger partial charge in [-0.25, -0.2) is 4.68 Å². The van der Waals surface area contributed by atoms with Gasteiger partial charge in [0, 0.05) is 27.7 Å². The van der Waals surface area contributed by atoms with Gasteiger partial charge in [-0.05, 0) is 38.1 Å². The summed E-state index contributed by atoms with van der Waals surface area (Å²) < 4.78 is 2.96. The summed E-state index contributed by atoms with van der Waals surface area (Å²) in [6.07, 6.45) is 3.70. The molecule has 0 unspecified atom stereocenters. The Morgan fingerprint density at radius 1 is 1.22 bits per heavy atom. The first-order chi connectivity index (χ1) is 11.1. The topological polar surface area (TPSA) is 45.4 Å². The van der Waals surface area contributed by atoms with Crippen LogP contribution < -0.4 is 4.80 Å². The number of nitrogens with zero attached hydrogens (tertiary/aromatic N) is 3. The van der Waals surface area contributed by atoms with Gasteiger partial charge in [-0.3, -0.25) is 4.99 Å². The fraction of sp³-hybridized carbons (Fsp3) is 0.176. The smallest absolute Gasteiger partial charge is 0.206 e. The average Bonchev–Trinajstić information content (AvgIpc) is 3.15. The SMILES string of the molecule is CC(C)N=c1scc(-c2ccc(Br)cc2)n1N=Cc1ccc[nH]1. The molecule has 118 valence electrons. The van der Waals surface area contributed by atoms with E-state index in [-0.39, 0.29) is 6.04 Å². The summed E-state index contributed by atoms with van der Waals surface area (Å²) in [5.74, 6) is 0. The van der Waals surface area contributed by atoms with Gasteiger partial charge < -0.3 is 4.98 Å². The van der Waals surface area contributed by atoms with E-state index in [9.17, 15) is 0 Å². The lowest BCUT2D eigenvalue weighted by Gasteiger charge is -2.04. The number of benzene rings is 1. The Morgan fingerprint density at radius 2 is 2.00 bits per heavy atom. The number of nitrogens with one attached hydrogen (secondary N) is 1. The molecule has 3 rings (SSSR count). The number of hydrogen-bond donors (Lipinski definition) is 1. The predicted octanol–water partition coefficient (Wildman–Crippen LogP) is 4.50. The summed E-state index contributed by atoms with van der Waals surface area (Å²) in [7, 11) is 0. The predicted molar refractivity (Wildman–Crippen MR) is 99.9 cm³/mol. The summed E-state index contributed by atoms with van der Waals surface area (Å²) in [6, 6.07) is 12.4. The van der Waals surface area contributed by atoms with E-state index in [0.29, 0.717) is 0 Å². The van der Waals surface area contributed by atoms with E-state index in [4.69, 9.17) is 0 Å². The van der Waals surface area contributed by atoms with Crippen LogP contribution in [0.15, 0.2) is 62.5 Å². The Hall–Kier alpha value is -1.92.